The van der Waals surface area contributed by atoms with Crippen molar-refractivity contribution in [1.29, 1.82) is 0 Å². The minimum absolute atomic E-state index is 0.0351. The lowest BCUT2D eigenvalue weighted by molar-refractivity contribution is -0.137. The fourth-order valence-electron chi connectivity index (χ4n) is 1.63. The van der Waals surface area contributed by atoms with Crippen LogP contribution in [0.5, 0.6) is 0 Å². The van der Waals surface area contributed by atoms with Gasteiger partial charge in [-0.15, -0.1) is 0 Å². The second-order valence-electron chi connectivity index (χ2n) is 3.99. The monoisotopic (exact) mass is 235 g/mol. The molecule has 0 aliphatic heterocycles. The quantitative estimate of drug-likeness (QED) is 0.851. The predicted molar refractivity (Wildman–Crippen MR) is 66.1 cm³/mol. The van der Waals surface area contributed by atoms with Gasteiger partial charge in [0.2, 0.25) is 5.91 Å². The maximum atomic E-state index is 11.8. The number of carboxylic acids is 1. The summed E-state index contributed by atoms with van der Waals surface area (Å²) in [4.78, 5) is 23.7. The first-order valence-corrected chi connectivity index (χ1v) is 5.56. The van der Waals surface area contributed by atoms with Crippen LogP contribution in [0.1, 0.15) is 24.8 Å². The molecule has 0 aliphatic rings. The standard InChI is InChI=1S/C13H17NO3/c1-10-6-3-4-7-11(10)14(2)12(15)8-5-9-13(16)17/h3-4,6-7H,5,8-9H2,1-2H3,(H,16,17). The van der Waals surface area contributed by atoms with E-state index in [1.165, 1.54) is 0 Å². The molecule has 0 unspecified atom stereocenters. The molecule has 1 aromatic rings. The number of hydrogen-bond acceptors (Lipinski definition) is 2. The molecule has 0 atom stereocenters. The number of para-hydroxylation sites is 1. The molecule has 92 valence electrons. The number of carbonyl (C=O) groups is 2. The van der Waals surface area contributed by atoms with Crippen LogP contribution in [0.4, 0.5) is 5.69 Å². The lowest BCUT2D eigenvalue weighted by atomic mass is 10.1. The number of amides is 1. The summed E-state index contributed by atoms with van der Waals surface area (Å²) < 4.78 is 0. The second-order valence-corrected chi connectivity index (χ2v) is 3.99. The van der Waals surface area contributed by atoms with Crippen molar-refractivity contribution >= 4 is 17.6 Å². The molecule has 0 radical (unpaired) electrons. The van der Waals surface area contributed by atoms with E-state index in [4.69, 9.17) is 5.11 Å². The van der Waals surface area contributed by atoms with Crippen molar-refractivity contribution in [2.45, 2.75) is 26.2 Å². The Balaban J connectivity index is 2.58. The second kappa shape index (κ2) is 6.03. The van der Waals surface area contributed by atoms with Crippen molar-refractivity contribution in [2.75, 3.05) is 11.9 Å². The Morgan fingerprint density at radius 2 is 1.88 bits per heavy atom. The topological polar surface area (TPSA) is 57.6 Å². The van der Waals surface area contributed by atoms with Gasteiger partial charge in [-0.25, -0.2) is 0 Å². The average Bonchev–Trinajstić information content (AvgIpc) is 2.28. The molecule has 4 nitrogen and oxygen atoms in total. The first kappa shape index (κ1) is 13.2. The predicted octanol–water partition coefficient (Wildman–Crippen LogP) is 2.21. The zero-order valence-corrected chi connectivity index (χ0v) is 10.1. The average molecular weight is 235 g/mol. The van der Waals surface area contributed by atoms with Crippen LogP contribution in [0, 0.1) is 6.92 Å². The van der Waals surface area contributed by atoms with Crippen LogP contribution in [0.25, 0.3) is 0 Å². The lowest BCUT2D eigenvalue weighted by Crippen LogP contribution is -2.26. The maximum absolute atomic E-state index is 11.8. The number of rotatable bonds is 5. The van der Waals surface area contributed by atoms with Crippen molar-refractivity contribution in [1.82, 2.24) is 0 Å². The number of carboxylic acid groups (broad SMARTS) is 1. The number of anilines is 1. The van der Waals surface area contributed by atoms with Gasteiger partial charge < -0.3 is 10.0 Å². The van der Waals surface area contributed by atoms with E-state index in [-0.39, 0.29) is 18.7 Å². The van der Waals surface area contributed by atoms with Crippen LogP contribution < -0.4 is 4.90 Å². The van der Waals surface area contributed by atoms with Gasteiger partial charge in [-0.05, 0) is 25.0 Å². The smallest absolute Gasteiger partial charge is 0.303 e. The summed E-state index contributed by atoms with van der Waals surface area (Å²) in [5.74, 6) is -0.920. The van der Waals surface area contributed by atoms with Gasteiger partial charge in [0.1, 0.15) is 0 Å². The molecule has 0 heterocycles. The fourth-order valence-corrected chi connectivity index (χ4v) is 1.63. The summed E-state index contributed by atoms with van der Waals surface area (Å²) in [5.41, 5.74) is 1.90. The number of aliphatic carboxylic acids is 1. The number of aryl methyl sites for hydroxylation is 1. The van der Waals surface area contributed by atoms with Crippen LogP contribution >= 0.6 is 0 Å². The molecular weight excluding hydrogens is 218 g/mol. The summed E-state index contributed by atoms with van der Waals surface area (Å²) in [6.07, 6.45) is 0.675. The van der Waals surface area contributed by atoms with E-state index < -0.39 is 5.97 Å². The van der Waals surface area contributed by atoms with E-state index >= 15 is 0 Å². The van der Waals surface area contributed by atoms with E-state index in [1.54, 1.807) is 11.9 Å². The molecule has 0 saturated carbocycles. The molecule has 0 aliphatic carbocycles. The van der Waals surface area contributed by atoms with Crippen LogP contribution in [-0.4, -0.2) is 24.0 Å². The minimum atomic E-state index is -0.864. The van der Waals surface area contributed by atoms with Gasteiger partial charge in [-0.3, -0.25) is 9.59 Å². The highest BCUT2D eigenvalue weighted by Gasteiger charge is 2.12. The lowest BCUT2D eigenvalue weighted by Gasteiger charge is -2.19. The molecule has 0 bridgehead atoms. The third-order valence-electron chi connectivity index (χ3n) is 2.63. The Bertz CT molecular complexity index is 415. The largest absolute Gasteiger partial charge is 0.481 e. The highest BCUT2D eigenvalue weighted by atomic mass is 16.4. The Morgan fingerprint density at radius 1 is 1.24 bits per heavy atom. The van der Waals surface area contributed by atoms with Crippen LogP contribution in [0.2, 0.25) is 0 Å². The van der Waals surface area contributed by atoms with Gasteiger partial charge in [-0.2, -0.15) is 0 Å². The van der Waals surface area contributed by atoms with Gasteiger partial charge in [0.25, 0.3) is 0 Å². The summed E-state index contributed by atoms with van der Waals surface area (Å²) in [5, 5.41) is 8.50. The van der Waals surface area contributed by atoms with Crippen molar-refractivity contribution in [2.24, 2.45) is 0 Å². The molecule has 4 heteroatoms. The third kappa shape index (κ3) is 3.90. The van der Waals surface area contributed by atoms with Crippen LogP contribution in [0.15, 0.2) is 24.3 Å². The maximum Gasteiger partial charge on any atom is 0.303 e. The summed E-state index contributed by atoms with van der Waals surface area (Å²) in [6.45, 7) is 1.94. The number of benzene rings is 1. The van der Waals surface area contributed by atoms with Gasteiger partial charge in [0.05, 0.1) is 0 Å². The number of carbonyl (C=O) groups excluding carboxylic acids is 1. The first-order chi connectivity index (χ1) is 8.02. The fraction of sp³-hybridized carbons (Fsp3) is 0.385. The molecule has 1 N–H and O–H groups in total. The van der Waals surface area contributed by atoms with Crippen LogP contribution in [0.3, 0.4) is 0 Å². The Kier molecular flexibility index (Phi) is 4.69. The van der Waals surface area contributed by atoms with Crippen LogP contribution in [-0.2, 0) is 9.59 Å². The highest BCUT2D eigenvalue weighted by molar-refractivity contribution is 5.93. The summed E-state index contributed by atoms with van der Waals surface area (Å²) >= 11 is 0. The van der Waals surface area contributed by atoms with Crippen molar-refractivity contribution in [3.63, 3.8) is 0 Å². The molecular formula is C13H17NO3. The highest BCUT2D eigenvalue weighted by Crippen LogP contribution is 2.18. The molecule has 17 heavy (non-hydrogen) atoms. The van der Waals surface area contributed by atoms with Crippen molar-refractivity contribution in [3.05, 3.63) is 29.8 Å². The van der Waals surface area contributed by atoms with Gasteiger partial charge >= 0.3 is 5.97 Å². The SMILES string of the molecule is Cc1ccccc1N(C)C(=O)CCCC(=O)O. The molecule has 0 spiro atoms. The third-order valence-corrected chi connectivity index (χ3v) is 2.63. The van der Waals surface area contributed by atoms with Crippen molar-refractivity contribution in [3.8, 4) is 0 Å². The molecule has 0 saturated heterocycles. The van der Waals surface area contributed by atoms with E-state index in [9.17, 15) is 9.59 Å². The Morgan fingerprint density at radius 3 is 2.47 bits per heavy atom. The van der Waals surface area contributed by atoms with E-state index in [0.717, 1.165) is 11.3 Å². The number of hydrogen-bond donors (Lipinski definition) is 1. The van der Waals surface area contributed by atoms with Crippen molar-refractivity contribution < 1.29 is 14.7 Å². The molecule has 1 rings (SSSR count). The van der Waals surface area contributed by atoms with Gasteiger partial charge in [0, 0.05) is 25.6 Å². The Labute approximate surface area is 101 Å². The zero-order valence-electron chi connectivity index (χ0n) is 10.1. The van der Waals surface area contributed by atoms with E-state index in [1.807, 2.05) is 31.2 Å². The molecule has 0 aromatic heterocycles. The Hall–Kier alpha value is -1.84. The van der Waals surface area contributed by atoms with E-state index in [0.29, 0.717) is 6.42 Å². The first-order valence-electron chi connectivity index (χ1n) is 5.56. The minimum Gasteiger partial charge on any atom is -0.481 e. The molecule has 1 aromatic carbocycles. The molecule has 0 fully saturated rings. The van der Waals surface area contributed by atoms with E-state index in [2.05, 4.69) is 0 Å². The summed E-state index contributed by atoms with van der Waals surface area (Å²) in [7, 11) is 1.71. The number of nitrogens with zero attached hydrogens (tertiary/aromatic N) is 1. The van der Waals surface area contributed by atoms with Gasteiger partial charge in [-0.1, -0.05) is 18.2 Å². The molecule has 1 amide bonds. The summed E-state index contributed by atoms with van der Waals surface area (Å²) in [6, 6.07) is 7.62. The van der Waals surface area contributed by atoms with Gasteiger partial charge in [0.15, 0.2) is 0 Å². The zero-order chi connectivity index (χ0) is 12.8. The normalized spacial score (nSPS) is 10.0.